The van der Waals surface area contributed by atoms with Crippen LogP contribution in [0.1, 0.15) is 18.2 Å². The zero-order chi connectivity index (χ0) is 22.3. The molecule has 30 heavy (non-hydrogen) atoms. The lowest BCUT2D eigenvalue weighted by Crippen LogP contribution is -2.39. The number of nitrogens with two attached hydrogens (primary N) is 1. The monoisotopic (exact) mass is 446 g/mol. The van der Waals surface area contributed by atoms with Gasteiger partial charge in [0.2, 0.25) is 10.0 Å². The third-order valence-corrected chi connectivity index (χ3v) is 5.35. The Morgan fingerprint density at radius 2 is 2.00 bits per heavy atom. The zero-order valence-electron chi connectivity index (χ0n) is 15.6. The molecular weight excluding hydrogens is 429 g/mol. The molecule has 0 spiro atoms. The smallest absolute Gasteiger partial charge is 0.435 e. The topological polar surface area (TPSA) is 125 Å². The second-order valence-electron chi connectivity index (χ2n) is 6.71. The maximum Gasteiger partial charge on any atom is 0.435 e. The average Bonchev–Trinajstić information content (AvgIpc) is 3.21. The number of halogens is 3. The molecule has 1 aliphatic heterocycles. The van der Waals surface area contributed by atoms with E-state index in [4.69, 9.17) is 9.88 Å². The van der Waals surface area contributed by atoms with Crippen molar-refractivity contribution in [1.82, 2.24) is 9.78 Å². The molecular formula is C17H17F3N4O5S. The highest BCUT2D eigenvalue weighted by molar-refractivity contribution is 7.89. The maximum atomic E-state index is 12.5. The van der Waals surface area contributed by atoms with E-state index in [0.717, 1.165) is 16.9 Å². The van der Waals surface area contributed by atoms with E-state index < -0.39 is 46.9 Å². The largest absolute Gasteiger partial charge is 0.454 e. The van der Waals surface area contributed by atoms with Crippen LogP contribution in [0.4, 0.5) is 18.9 Å². The van der Waals surface area contributed by atoms with Crippen molar-refractivity contribution >= 4 is 27.6 Å². The summed E-state index contributed by atoms with van der Waals surface area (Å²) < 4.78 is 66.2. The number of esters is 1. The van der Waals surface area contributed by atoms with Crippen molar-refractivity contribution in [1.29, 1.82) is 0 Å². The number of alkyl halides is 3. The first-order valence-corrected chi connectivity index (χ1v) is 10.1. The van der Waals surface area contributed by atoms with Crippen molar-refractivity contribution in [3.63, 3.8) is 0 Å². The van der Waals surface area contributed by atoms with Crippen LogP contribution in [-0.2, 0) is 43.5 Å². The number of aromatic nitrogens is 2. The van der Waals surface area contributed by atoms with Crippen molar-refractivity contribution < 1.29 is 35.9 Å². The number of hydrogen-bond donors (Lipinski definition) is 1. The Bertz CT molecular complexity index is 1100. The molecule has 2 heterocycles. The number of fused-ring (bicyclic) bond motifs is 1. The van der Waals surface area contributed by atoms with Crippen LogP contribution in [0.3, 0.4) is 0 Å². The van der Waals surface area contributed by atoms with E-state index >= 15 is 0 Å². The van der Waals surface area contributed by atoms with E-state index in [1.54, 1.807) is 6.92 Å². The second-order valence-corrected chi connectivity index (χ2v) is 8.27. The number of nitrogens with zero attached hydrogens (tertiary/aromatic N) is 3. The number of carbonyl (C=O) groups is 2. The zero-order valence-corrected chi connectivity index (χ0v) is 16.4. The number of sulfonamides is 1. The Labute approximate surface area is 169 Å². The lowest BCUT2D eigenvalue weighted by Gasteiger charge is -2.22. The SMILES string of the molecule is CC1Cc2cc(S(N)(=O)=O)ccc2N1C(=O)COC(=O)Cn1ccc(C(F)(F)F)n1. The number of carbonyl (C=O) groups excluding carboxylic acids is 2. The van der Waals surface area contributed by atoms with Gasteiger partial charge in [-0.05, 0) is 43.2 Å². The Morgan fingerprint density at radius 3 is 2.60 bits per heavy atom. The summed E-state index contributed by atoms with van der Waals surface area (Å²) in [5.74, 6) is -1.49. The molecule has 2 aromatic rings. The molecule has 0 saturated heterocycles. The number of ether oxygens (including phenoxy) is 1. The number of primary sulfonamides is 1. The van der Waals surface area contributed by atoms with Crippen LogP contribution in [0.5, 0.6) is 0 Å². The number of amides is 1. The highest BCUT2D eigenvalue weighted by Crippen LogP contribution is 2.33. The van der Waals surface area contributed by atoms with Gasteiger partial charge in [0.25, 0.3) is 5.91 Å². The Kier molecular flexibility index (Phi) is 5.60. The van der Waals surface area contributed by atoms with Crippen molar-refractivity contribution in [2.75, 3.05) is 11.5 Å². The predicted molar refractivity (Wildman–Crippen MR) is 96.7 cm³/mol. The Morgan fingerprint density at radius 1 is 1.30 bits per heavy atom. The number of benzene rings is 1. The third-order valence-electron chi connectivity index (χ3n) is 4.44. The summed E-state index contributed by atoms with van der Waals surface area (Å²) in [4.78, 5) is 25.7. The van der Waals surface area contributed by atoms with Gasteiger partial charge in [-0.15, -0.1) is 0 Å². The molecule has 0 radical (unpaired) electrons. The molecule has 13 heteroatoms. The van der Waals surface area contributed by atoms with Crippen molar-refractivity contribution in [3.8, 4) is 0 Å². The minimum atomic E-state index is -4.63. The van der Waals surface area contributed by atoms with Crippen molar-refractivity contribution in [2.45, 2.75) is 37.0 Å². The first-order chi connectivity index (χ1) is 13.9. The molecule has 0 fully saturated rings. The highest BCUT2D eigenvalue weighted by atomic mass is 32.2. The standard InChI is InChI=1S/C17H17F3N4O5S/c1-10-6-11-7-12(30(21,27)28)2-3-13(11)24(10)15(25)9-29-16(26)8-23-5-4-14(22-23)17(18,19)20/h2-5,7,10H,6,8-9H2,1H3,(H2,21,27,28). The minimum Gasteiger partial charge on any atom is -0.454 e. The summed E-state index contributed by atoms with van der Waals surface area (Å²) in [7, 11) is -3.89. The van der Waals surface area contributed by atoms with Crippen LogP contribution in [0.15, 0.2) is 35.4 Å². The first-order valence-electron chi connectivity index (χ1n) is 8.60. The average molecular weight is 446 g/mol. The van der Waals surface area contributed by atoms with Crippen LogP contribution >= 0.6 is 0 Å². The fraction of sp³-hybridized carbons (Fsp3) is 0.353. The molecule has 1 unspecified atom stereocenters. The molecule has 1 aromatic heterocycles. The lowest BCUT2D eigenvalue weighted by atomic mass is 10.1. The minimum absolute atomic E-state index is 0.0772. The van der Waals surface area contributed by atoms with Gasteiger partial charge >= 0.3 is 12.1 Å². The number of hydrogen-bond acceptors (Lipinski definition) is 6. The fourth-order valence-electron chi connectivity index (χ4n) is 3.16. The van der Waals surface area contributed by atoms with Crippen LogP contribution in [0.25, 0.3) is 0 Å². The van der Waals surface area contributed by atoms with E-state index in [0.29, 0.717) is 17.7 Å². The molecule has 9 nitrogen and oxygen atoms in total. The Hall–Kier alpha value is -2.93. The van der Waals surface area contributed by atoms with Gasteiger partial charge in [-0.2, -0.15) is 18.3 Å². The summed E-state index contributed by atoms with van der Waals surface area (Å²) in [6, 6.07) is 4.50. The van der Waals surface area contributed by atoms with E-state index in [9.17, 15) is 31.2 Å². The van der Waals surface area contributed by atoms with Crippen molar-refractivity contribution in [2.24, 2.45) is 5.14 Å². The summed E-state index contributed by atoms with van der Waals surface area (Å²) in [6.07, 6.45) is -3.27. The van der Waals surface area contributed by atoms with Gasteiger partial charge in [0.15, 0.2) is 12.3 Å². The molecule has 1 aliphatic rings. The van der Waals surface area contributed by atoms with Gasteiger partial charge < -0.3 is 9.64 Å². The van der Waals surface area contributed by atoms with Gasteiger partial charge in [0.1, 0.15) is 6.54 Å². The summed E-state index contributed by atoms with van der Waals surface area (Å²) >= 11 is 0. The van der Waals surface area contributed by atoms with E-state index in [1.807, 2.05) is 0 Å². The third kappa shape index (κ3) is 4.62. The molecule has 0 aliphatic carbocycles. The fourth-order valence-corrected chi connectivity index (χ4v) is 3.72. The number of rotatable bonds is 5. The van der Waals surface area contributed by atoms with E-state index in [2.05, 4.69) is 5.10 Å². The summed E-state index contributed by atoms with van der Waals surface area (Å²) in [6.45, 7) is 0.513. The quantitative estimate of drug-likeness (QED) is 0.685. The van der Waals surface area contributed by atoms with Gasteiger partial charge in [0.05, 0.1) is 4.90 Å². The molecule has 162 valence electrons. The highest BCUT2D eigenvalue weighted by Gasteiger charge is 2.34. The van der Waals surface area contributed by atoms with Crippen LogP contribution < -0.4 is 10.0 Å². The van der Waals surface area contributed by atoms with Crippen LogP contribution in [-0.4, -0.2) is 42.7 Å². The number of anilines is 1. The van der Waals surface area contributed by atoms with Gasteiger partial charge in [-0.25, -0.2) is 13.6 Å². The normalized spacial score (nSPS) is 16.4. The molecule has 0 bridgehead atoms. The maximum absolute atomic E-state index is 12.5. The molecule has 1 amide bonds. The van der Waals surface area contributed by atoms with Gasteiger partial charge in [-0.1, -0.05) is 0 Å². The van der Waals surface area contributed by atoms with Crippen molar-refractivity contribution in [3.05, 3.63) is 41.7 Å². The molecule has 1 atom stereocenters. The predicted octanol–water partition coefficient (Wildman–Crippen LogP) is 1.07. The van der Waals surface area contributed by atoms with Gasteiger partial charge in [0, 0.05) is 17.9 Å². The molecule has 0 saturated carbocycles. The summed E-state index contributed by atoms with van der Waals surface area (Å²) in [5, 5.41) is 8.35. The van der Waals surface area contributed by atoms with Crippen LogP contribution in [0.2, 0.25) is 0 Å². The van der Waals surface area contributed by atoms with Crippen LogP contribution in [0, 0.1) is 0 Å². The first kappa shape index (κ1) is 21.8. The lowest BCUT2D eigenvalue weighted by molar-refractivity contribution is -0.149. The van der Waals surface area contributed by atoms with E-state index in [-0.39, 0.29) is 10.9 Å². The van der Waals surface area contributed by atoms with Gasteiger partial charge in [-0.3, -0.25) is 14.3 Å². The molecule has 3 rings (SSSR count). The molecule has 2 N–H and O–H groups in total. The Balaban J connectivity index is 1.63. The second kappa shape index (κ2) is 7.72. The summed E-state index contributed by atoms with van der Waals surface area (Å²) in [5.41, 5.74) is -0.0736. The molecule has 1 aromatic carbocycles. The van der Waals surface area contributed by atoms with E-state index in [1.165, 1.54) is 23.1 Å².